The van der Waals surface area contributed by atoms with Gasteiger partial charge in [-0.2, -0.15) is 0 Å². The normalized spacial score (nSPS) is 13.4. The van der Waals surface area contributed by atoms with E-state index in [-0.39, 0.29) is 6.61 Å². The highest BCUT2D eigenvalue weighted by molar-refractivity contribution is 7.97. The second-order valence-corrected chi connectivity index (χ2v) is 5.29. The number of nitrogens with one attached hydrogen (secondary N) is 2. The van der Waals surface area contributed by atoms with Crippen LogP contribution in [0.5, 0.6) is 5.75 Å². The Morgan fingerprint density at radius 3 is 2.86 bits per heavy atom. The maximum absolute atomic E-state index is 11.4. The van der Waals surface area contributed by atoms with Crippen LogP contribution in [0.1, 0.15) is 19.8 Å². The third kappa shape index (κ3) is 5.90. The molecule has 114 valence electrons. The lowest BCUT2D eigenvalue weighted by atomic mass is 10.4. The average molecular weight is 311 g/mol. The zero-order valence-electron chi connectivity index (χ0n) is 11.6. The average Bonchev–Trinajstić information content (AvgIpc) is 3.28. The predicted molar refractivity (Wildman–Crippen MR) is 77.0 cm³/mol. The second-order valence-electron chi connectivity index (χ2n) is 4.47. The van der Waals surface area contributed by atoms with Gasteiger partial charge in [0.15, 0.2) is 0 Å². The molecular weight excluding hydrogens is 294 g/mol. The van der Waals surface area contributed by atoms with Gasteiger partial charge in [-0.05, 0) is 37.8 Å². The lowest BCUT2D eigenvalue weighted by Crippen LogP contribution is -2.36. The van der Waals surface area contributed by atoms with E-state index in [1.165, 1.54) is 12.8 Å². The molecule has 1 saturated carbocycles. The molecule has 0 spiro atoms. The zero-order valence-corrected chi connectivity index (χ0v) is 12.4. The first-order valence-corrected chi connectivity index (χ1v) is 7.48. The predicted octanol–water partition coefficient (Wildman–Crippen LogP) is 2.33. The largest absolute Gasteiger partial charge is 0.492 e. The Hall–Kier alpha value is -1.96. The van der Waals surface area contributed by atoms with Crippen molar-refractivity contribution in [3.8, 4) is 5.75 Å². The van der Waals surface area contributed by atoms with E-state index in [4.69, 9.17) is 4.74 Å². The number of ether oxygens (including phenoxy) is 2. The summed E-state index contributed by atoms with van der Waals surface area (Å²) >= 11 is 0.998. The van der Waals surface area contributed by atoms with Crippen LogP contribution >= 0.6 is 11.9 Å². The number of aromatic nitrogens is 1. The molecule has 2 rings (SSSR count). The second kappa shape index (κ2) is 7.72. The molecule has 0 atom stereocenters. The molecule has 1 aliphatic carbocycles. The van der Waals surface area contributed by atoms with Crippen LogP contribution in [0.4, 0.5) is 9.59 Å². The Morgan fingerprint density at radius 2 is 2.24 bits per heavy atom. The van der Waals surface area contributed by atoms with Gasteiger partial charge in [-0.15, -0.1) is 0 Å². The molecule has 0 unspecified atom stereocenters. The molecule has 1 aromatic heterocycles. The fourth-order valence-corrected chi connectivity index (χ4v) is 1.88. The Balaban J connectivity index is 1.69. The van der Waals surface area contributed by atoms with Crippen molar-refractivity contribution in [2.75, 3.05) is 13.2 Å². The Morgan fingerprint density at radius 1 is 1.43 bits per heavy atom. The number of carbonyl (C=O) groups excluding carboxylic acids is 2. The number of rotatable bonds is 6. The number of hydrogen-bond donors (Lipinski definition) is 2. The highest BCUT2D eigenvalue weighted by Gasteiger charge is 2.21. The van der Waals surface area contributed by atoms with Crippen LogP contribution in [0.2, 0.25) is 0 Å². The van der Waals surface area contributed by atoms with Gasteiger partial charge in [0.1, 0.15) is 10.8 Å². The van der Waals surface area contributed by atoms with Crippen molar-refractivity contribution in [1.82, 2.24) is 15.0 Å². The first-order valence-electron chi connectivity index (χ1n) is 6.67. The number of carbonyl (C=O) groups is 2. The van der Waals surface area contributed by atoms with E-state index < -0.39 is 12.1 Å². The number of nitrogens with zero attached hydrogens (tertiary/aromatic N) is 1. The highest BCUT2D eigenvalue weighted by Crippen LogP contribution is 2.29. The molecule has 1 heterocycles. The topological polar surface area (TPSA) is 89.5 Å². The fourth-order valence-electron chi connectivity index (χ4n) is 1.40. The van der Waals surface area contributed by atoms with Gasteiger partial charge in [-0.25, -0.2) is 19.9 Å². The summed E-state index contributed by atoms with van der Waals surface area (Å²) < 4.78 is 12.6. The van der Waals surface area contributed by atoms with Gasteiger partial charge in [0.2, 0.25) is 0 Å². The summed E-state index contributed by atoms with van der Waals surface area (Å²) in [5.74, 6) is 1.40. The van der Waals surface area contributed by atoms with E-state index in [1.54, 1.807) is 25.3 Å². The third-order valence-electron chi connectivity index (χ3n) is 2.63. The van der Waals surface area contributed by atoms with E-state index in [1.807, 2.05) is 5.32 Å². The number of amides is 3. The number of imide groups is 1. The fraction of sp³-hybridized carbons (Fsp3) is 0.462. The van der Waals surface area contributed by atoms with Crippen molar-refractivity contribution in [2.24, 2.45) is 5.92 Å². The minimum absolute atomic E-state index is 0.204. The van der Waals surface area contributed by atoms with Crippen LogP contribution in [0.25, 0.3) is 0 Å². The van der Waals surface area contributed by atoms with Gasteiger partial charge >= 0.3 is 12.1 Å². The molecule has 8 heteroatoms. The van der Waals surface area contributed by atoms with E-state index >= 15 is 0 Å². The first-order chi connectivity index (χ1) is 10.2. The third-order valence-corrected chi connectivity index (χ3v) is 3.37. The van der Waals surface area contributed by atoms with Gasteiger partial charge in [0, 0.05) is 11.9 Å². The van der Waals surface area contributed by atoms with Crippen LogP contribution in [0, 0.1) is 5.92 Å². The van der Waals surface area contributed by atoms with Crippen molar-refractivity contribution in [2.45, 2.75) is 24.8 Å². The van der Waals surface area contributed by atoms with Crippen LogP contribution in [-0.2, 0) is 4.74 Å². The summed E-state index contributed by atoms with van der Waals surface area (Å²) in [6.07, 6.45) is 3.30. The Kier molecular flexibility index (Phi) is 5.68. The molecule has 0 saturated heterocycles. The molecule has 1 fully saturated rings. The molecule has 1 aliphatic rings. The van der Waals surface area contributed by atoms with Crippen LogP contribution < -0.4 is 14.8 Å². The van der Waals surface area contributed by atoms with Gasteiger partial charge in [0.25, 0.3) is 0 Å². The molecule has 3 amide bonds. The molecule has 0 radical (unpaired) electrons. The van der Waals surface area contributed by atoms with Crippen molar-refractivity contribution in [1.29, 1.82) is 0 Å². The molecule has 21 heavy (non-hydrogen) atoms. The first kappa shape index (κ1) is 15.4. The van der Waals surface area contributed by atoms with E-state index in [2.05, 4.69) is 14.4 Å². The van der Waals surface area contributed by atoms with Gasteiger partial charge < -0.3 is 9.47 Å². The van der Waals surface area contributed by atoms with Crippen LogP contribution in [0.3, 0.4) is 0 Å². The van der Waals surface area contributed by atoms with Crippen molar-refractivity contribution in [3.05, 3.63) is 18.3 Å². The minimum atomic E-state index is -0.785. The molecule has 2 N–H and O–H groups in total. The van der Waals surface area contributed by atoms with E-state index in [0.717, 1.165) is 18.6 Å². The van der Waals surface area contributed by atoms with Crippen molar-refractivity contribution in [3.63, 3.8) is 0 Å². The van der Waals surface area contributed by atoms with Crippen LogP contribution in [-0.4, -0.2) is 30.3 Å². The number of urea groups is 1. The van der Waals surface area contributed by atoms with Gasteiger partial charge in [-0.1, -0.05) is 0 Å². The lowest BCUT2D eigenvalue weighted by molar-refractivity contribution is 0.153. The number of hydrogen-bond acceptors (Lipinski definition) is 6. The standard InChI is InChI=1S/C13H17N3O4S/c1-2-19-13(18)15-12(17)16-21-11-6-5-10(7-14-11)20-8-9-3-4-9/h5-7,9H,2-4,8H2,1H3,(H2,15,16,17,18). The molecule has 0 bridgehead atoms. The Bertz CT molecular complexity index is 491. The highest BCUT2D eigenvalue weighted by atomic mass is 32.2. The van der Waals surface area contributed by atoms with E-state index in [9.17, 15) is 9.59 Å². The summed E-state index contributed by atoms with van der Waals surface area (Å²) in [4.78, 5) is 26.5. The summed E-state index contributed by atoms with van der Waals surface area (Å²) in [6.45, 7) is 2.59. The SMILES string of the molecule is CCOC(=O)NC(=O)NSc1ccc(OCC2CC2)cn1. The van der Waals surface area contributed by atoms with Gasteiger partial charge in [-0.3, -0.25) is 4.72 Å². The maximum atomic E-state index is 11.4. The molecule has 0 aliphatic heterocycles. The maximum Gasteiger partial charge on any atom is 0.415 e. The summed E-state index contributed by atoms with van der Waals surface area (Å²) in [5.41, 5.74) is 0. The van der Waals surface area contributed by atoms with Crippen molar-refractivity contribution < 1.29 is 19.1 Å². The molecule has 7 nitrogen and oxygen atoms in total. The Labute approximate surface area is 126 Å². The molecule has 0 aromatic carbocycles. The smallest absolute Gasteiger partial charge is 0.415 e. The van der Waals surface area contributed by atoms with E-state index in [0.29, 0.717) is 16.7 Å². The number of alkyl carbamates (subject to hydrolysis) is 1. The summed E-state index contributed by atoms with van der Waals surface area (Å²) in [6, 6.07) is 2.87. The monoisotopic (exact) mass is 311 g/mol. The van der Waals surface area contributed by atoms with Gasteiger partial charge in [0.05, 0.1) is 19.4 Å². The quantitative estimate of drug-likeness (QED) is 0.784. The van der Waals surface area contributed by atoms with Crippen molar-refractivity contribution >= 4 is 24.1 Å². The minimum Gasteiger partial charge on any atom is -0.492 e. The zero-order chi connectivity index (χ0) is 15.1. The molecule has 1 aromatic rings. The number of pyridine rings is 1. The summed E-state index contributed by atoms with van der Waals surface area (Å²) in [5, 5.41) is 2.61. The summed E-state index contributed by atoms with van der Waals surface area (Å²) in [7, 11) is 0. The lowest BCUT2D eigenvalue weighted by Gasteiger charge is -2.07. The molecular formula is C13H17N3O4S. The van der Waals surface area contributed by atoms with Crippen LogP contribution in [0.15, 0.2) is 23.4 Å².